The fraction of sp³-hybridized carbons (Fsp3) is 0.900. The maximum atomic E-state index is 9.93. The zero-order valence-corrected chi connectivity index (χ0v) is 15.8. The zero-order chi connectivity index (χ0) is 18.3. The van der Waals surface area contributed by atoms with Gasteiger partial charge in [0.15, 0.2) is 0 Å². The molecule has 1 aliphatic rings. The number of hydrogen-bond donors (Lipinski definition) is 3. The third-order valence-electron chi connectivity index (χ3n) is 4.84. The fourth-order valence-corrected chi connectivity index (χ4v) is 3.11. The first-order valence-corrected chi connectivity index (χ1v) is 10.1. The minimum Gasteiger partial charge on any atom is -0.493 e. The molecular formula is C20H38O5. The largest absolute Gasteiger partial charge is 0.493 e. The number of rotatable bonds is 14. The van der Waals surface area contributed by atoms with Gasteiger partial charge in [-0.1, -0.05) is 64.7 Å². The summed E-state index contributed by atoms with van der Waals surface area (Å²) in [5.41, 5.74) is 0. The highest BCUT2D eigenvalue weighted by molar-refractivity contribution is 4.89. The predicted molar refractivity (Wildman–Crippen MR) is 99.3 cm³/mol. The van der Waals surface area contributed by atoms with Gasteiger partial charge in [-0.3, -0.25) is 0 Å². The molecule has 1 rings (SSSR count). The van der Waals surface area contributed by atoms with Gasteiger partial charge < -0.3 is 24.8 Å². The maximum absolute atomic E-state index is 9.93. The van der Waals surface area contributed by atoms with Crippen LogP contribution in [0.2, 0.25) is 0 Å². The molecule has 0 bridgehead atoms. The van der Waals surface area contributed by atoms with Crippen LogP contribution in [0.25, 0.3) is 0 Å². The van der Waals surface area contributed by atoms with Gasteiger partial charge in [0.1, 0.15) is 24.4 Å². The van der Waals surface area contributed by atoms with Gasteiger partial charge in [-0.2, -0.15) is 0 Å². The summed E-state index contributed by atoms with van der Waals surface area (Å²) in [7, 11) is 0. The van der Waals surface area contributed by atoms with Crippen LogP contribution in [0.1, 0.15) is 77.6 Å². The van der Waals surface area contributed by atoms with Crippen molar-refractivity contribution in [3.8, 4) is 0 Å². The molecule has 1 fully saturated rings. The zero-order valence-electron chi connectivity index (χ0n) is 15.8. The van der Waals surface area contributed by atoms with Gasteiger partial charge in [0.2, 0.25) is 0 Å². The summed E-state index contributed by atoms with van der Waals surface area (Å²) in [4.78, 5) is 0. The average Bonchev–Trinajstić information content (AvgIpc) is 2.62. The van der Waals surface area contributed by atoms with Crippen LogP contribution in [-0.2, 0) is 9.47 Å². The molecule has 4 atom stereocenters. The third-order valence-corrected chi connectivity index (χ3v) is 4.84. The monoisotopic (exact) mass is 358 g/mol. The molecule has 1 saturated heterocycles. The highest BCUT2D eigenvalue weighted by atomic mass is 16.6. The van der Waals surface area contributed by atoms with Crippen molar-refractivity contribution < 1.29 is 24.8 Å². The van der Waals surface area contributed by atoms with Gasteiger partial charge in [0, 0.05) is 0 Å². The Balaban J connectivity index is 1.95. The van der Waals surface area contributed by atoms with E-state index in [0.717, 1.165) is 12.8 Å². The van der Waals surface area contributed by atoms with Crippen LogP contribution in [0.5, 0.6) is 0 Å². The first kappa shape index (κ1) is 22.4. The summed E-state index contributed by atoms with van der Waals surface area (Å²) in [5.74, 6) is 0. The molecule has 0 aliphatic carbocycles. The Morgan fingerprint density at radius 1 is 0.920 bits per heavy atom. The summed E-state index contributed by atoms with van der Waals surface area (Å²) >= 11 is 0. The predicted octanol–water partition coefficient (Wildman–Crippen LogP) is 3.31. The number of aliphatic hydroxyl groups excluding tert-OH is 3. The van der Waals surface area contributed by atoms with Gasteiger partial charge in [0.05, 0.1) is 19.5 Å². The lowest BCUT2D eigenvalue weighted by atomic mass is 10.0. The summed E-state index contributed by atoms with van der Waals surface area (Å²) in [6.45, 7) is 2.12. The third kappa shape index (κ3) is 9.59. The van der Waals surface area contributed by atoms with Gasteiger partial charge in [0.25, 0.3) is 0 Å². The summed E-state index contributed by atoms with van der Waals surface area (Å²) in [6, 6.07) is 0. The molecule has 0 aromatic carbocycles. The van der Waals surface area contributed by atoms with Gasteiger partial charge in [-0.25, -0.2) is 0 Å². The number of allylic oxidation sites excluding steroid dienone is 1. The van der Waals surface area contributed by atoms with Crippen LogP contribution < -0.4 is 0 Å². The molecule has 0 radical (unpaired) electrons. The van der Waals surface area contributed by atoms with Gasteiger partial charge in [-0.05, 0) is 18.9 Å². The van der Waals surface area contributed by atoms with Crippen molar-refractivity contribution in [2.24, 2.45) is 0 Å². The Bertz CT molecular complexity index is 334. The van der Waals surface area contributed by atoms with Crippen molar-refractivity contribution >= 4 is 0 Å². The van der Waals surface area contributed by atoms with Gasteiger partial charge >= 0.3 is 0 Å². The molecule has 5 nitrogen and oxygen atoms in total. The van der Waals surface area contributed by atoms with E-state index in [1.165, 1.54) is 57.8 Å². The molecule has 0 saturated carbocycles. The molecule has 5 heteroatoms. The van der Waals surface area contributed by atoms with E-state index in [0.29, 0.717) is 0 Å². The molecule has 1 heterocycles. The lowest BCUT2D eigenvalue weighted by Gasteiger charge is -2.36. The molecule has 0 unspecified atom stereocenters. The number of ether oxygens (including phenoxy) is 2. The van der Waals surface area contributed by atoms with E-state index >= 15 is 0 Å². The van der Waals surface area contributed by atoms with Crippen LogP contribution in [0.15, 0.2) is 12.3 Å². The van der Waals surface area contributed by atoms with Crippen LogP contribution in [0.3, 0.4) is 0 Å². The quantitative estimate of drug-likeness (QED) is 0.328. The topological polar surface area (TPSA) is 79.2 Å². The van der Waals surface area contributed by atoms with Crippen LogP contribution in [-0.4, -0.2) is 52.9 Å². The highest BCUT2D eigenvalue weighted by Gasteiger charge is 2.38. The first-order valence-electron chi connectivity index (χ1n) is 10.1. The van der Waals surface area contributed by atoms with Crippen LogP contribution >= 0.6 is 0 Å². The summed E-state index contributed by atoms with van der Waals surface area (Å²) in [5, 5.41) is 28.7. The van der Waals surface area contributed by atoms with E-state index in [1.54, 1.807) is 6.26 Å². The van der Waals surface area contributed by atoms with Crippen molar-refractivity contribution in [1.82, 2.24) is 0 Å². The second-order valence-corrected chi connectivity index (χ2v) is 7.05. The highest BCUT2D eigenvalue weighted by Crippen LogP contribution is 2.18. The molecule has 0 amide bonds. The SMILES string of the molecule is CCCCCCCCCCCC/C=C/O[C@H]1CO[C@H](CO)[C@@H](O)[C@@H]1O. The van der Waals surface area contributed by atoms with E-state index in [9.17, 15) is 10.2 Å². The van der Waals surface area contributed by atoms with Crippen molar-refractivity contribution in [2.45, 2.75) is 102 Å². The van der Waals surface area contributed by atoms with Crippen LogP contribution in [0, 0.1) is 0 Å². The Morgan fingerprint density at radius 2 is 1.52 bits per heavy atom. The minimum absolute atomic E-state index is 0.173. The van der Waals surface area contributed by atoms with Crippen molar-refractivity contribution in [3.05, 3.63) is 12.3 Å². The molecule has 0 aromatic rings. The molecule has 0 aromatic heterocycles. The van der Waals surface area contributed by atoms with E-state index in [4.69, 9.17) is 14.6 Å². The van der Waals surface area contributed by atoms with Crippen molar-refractivity contribution in [3.63, 3.8) is 0 Å². The number of aliphatic hydroxyl groups is 3. The summed E-state index contributed by atoms with van der Waals surface area (Å²) in [6.07, 6.45) is 14.3. The maximum Gasteiger partial charge on any atom is 0.149 e. The molecule has 1 aliphatic heterocycles. The normalized spacial score (nSPS) is 27.0. The molecule has 148 valence electrons. The van der Waals surface area contributed by atoms with Crippen molar-refractivity contribution in [2.75, 3.05) is 13.2 Å². The average molecular weight is 359 g/mol. The molecule has 3 N–H and O–H groups in total. The molecular weight excluding hydrogens is 320 g/mol. The smallest absolute Gasteiger partial charge is 0.149 e. The molecule has 0 spiro atoms. The van der Waals surface area contributed by atoms with Crippen LogP contribution in [0.4, 0.5) is 0 Å². The minimum atomic E-state index is -1.11. The van der Waals surface area contributed by atoms with E-state index < -0.39 is 24.4 Å². The van der Waals surface area contributed by atoms with Gasteiger partial charge in [-0.15, -0.1) is 0 Å². The van der Waals surface area contributed by atoms with E-state index in [1.807, 2.05) is 6.08 Å². The number of unbranched alkanes of at least 4 members (excludes halogenated alkanes) is 10. The Kier molecular flexibility index (Phi) is 13.0. The Labute approximate surface area is 153 Å². The second kappa shape index (κ2) is 14.5. The first-order chi connectivity index (χ1) is 12.2. The summed E-state index contributed by atoms with van der Waals surface area (Å²) < 4.78 is 10.7. The lowest BCUT2D eigenvalue weighted by Crippen LogP contribution is -2.54. The number of hydrogen-bond acceptors (Lipinski definition) is 5. The Hall–Kier alpha value is -0.620. The Morgan fingerprint density at radius 3 is 2.12 bits per heavy atom. The fourth-order valence-electron chi connectivity index (χ4n) is 3.11. The molecule has 25 heavy (non-hydrogen) atoms. The second-order valence-electron chi connectivity index (χ2n) is 7.05. The van der Waals surface area contributed by atoms with Crippen molar-refractivity contribution in [1.29, 1.82) is 0 Å². The lowest BCUT2D eigenvalue weighted by molar-refractivity contribution is -0.196. The van der Waals surface area contributed by atoms with E-state index in [2.05, 4.69) is 6.92 Å². The standard InChI is InChI=1S/C20H38O5/c1-2-3-4-5-6-7-8-9-10-11-12-13-14-24-18-16-25-17(15-21)19(22)20(18)23/h13-14,17-23H,2-12,15-16H2,1H3/b14-13+/t17-,18+,19-,20-/m1/s1. The van der Waals surface area contributed by atoms with E-state index in [-0.39, 0.29) is 13.2 Å².